The monoisotopic (exact) mass is 443 g/mol. The van der Waals surface area contributed by atoms with Gasteiger partial charge in [0.25, 0.3) is 4.84 Å². The van der Waals surface area contributed by atoms with Gasteiger partial charge in [-0.15, -0.1) is 16.4 Å². The Morgan fingerprint density at radius 1 is 1.20 bits per heavy atom. The molecule has 0 amide bonds. The van der Waals surface area contributed by atoms with Crippen LogP contribution in [0.5, 0.6) is 0 Å². The minimum absolute atomic E-state index is 0.396. The summed E-state index contributed by atoms with van der Waals surface area (Å²) in [5.74, 6) is 1.54. The SMILES string of the molecule is Cc1nc(Cc2nn(CN3CCN(c4ncnc5c4cnn5C)CC3)c(=S)o2)cs1. The largest absolute Gasteiger partial charge is 0.414 e. The fourth-order valence-corrected chi connectivity index (χ4v) is 4.45. The van der Waals surface area contributed by atoms with Crippen molar-refractivity contribution in [2.24, 2.45) is 7.05 Å². The van der Waals surface area contributed by atoms with Gasteiger partial charge in [0, 0.05) is 38.6 Å². The number of rotatable bonds is 5. The average molecular weight is 444 g/mol. The van der Waals surface area contributed by atoms with E-state index in [1.807, 2.05) is 25.5 Å². The van der Waals surface area contributed by atoms with E-state index in [4.69, 9.17) is 16.6 Å². The Morgan fingerprint density at radius 2 is 2.03 bits per heavy atom. The molecular weight excluding hydrogens is 422 g/mol. The van der Waals surface area contributed by atoms with Gasteiger partial charge in [-0.2, -0.15) is 5.10 Å². The molecule has 1 fully saturated rings. The molecule has 0 aromatic carbocycles. The highest BCUT2D eigenvalue weighted by molar-refractivity contribution is 7.71. The van der Waals surface area contributed by atoms with Crippen LogP contribution in [0.3, 0.4) is 0 Å². The fourth-order valence-electron chi connectivity index (χ4n) is 3.65. The maximum Gasteiger partial charge on any atom is 0.288 e. The molecule has 5 rings (SSSR count). The van der Waals surface area contributed by atoms with Gasteiger partial charge in [0.2, 0.25) is 5.89 Å². The van der Waals surface area contributed by atoms with Gasteiger partial charge in [0.05, 0.1) is 35.4 Å². The van der Waals surface area contributed by atoms with Crippen molar-refractivity contribution < 1.29 is 4.42 Å². The maximum atomic E-state index is 5.68. The summed E-state index contributed by atoms with van der Waals surface area (Å²) in [4.78, 5) is 18.3. The molecule has 4 aromatic rings. The number of hydrogen-bond donors (Lipinski definition) is 0. The summed E-state index contributed by atoms with van der Waals surface area (Å²) in [7, 11) is 1.89. The predicted molar refractivity (Wildman–Crippen MR) is 115 cm³/mol. The van der Waals surface area contributed by atoms with E-state index in [0.29, 0.717) is 23.8 Å². The van der Waals surface area contributed by atoms with Crippen LogP contribution in [0.2, 0.25) is 0 Å². The molecular formula is C18H21N9OS2. The minimum atomic E-state index is 0.396. The quantitative estimate of drug-likeness (QED) is 0.429. The molecule has 0 spiro atoms. The Bertz CT molecular complexity index is 1230. The first-order valence-electron chi connectivity index (χ1n) is 9.64. The summed E-state index contributed by atoms with van der Waals surface area (Å²) in [6.45, 7) is 6.07. The van der Waals surface area contributed by atoms with Crippen LogP contribution in [0.15, 0.2) is 22.3 Å². The van der Waals surface area contributed by atoms with E-state index in [2.05, 4.69) is 34.9 Å². The van der Waals surface area contributed by atoms with Crippen LogP contribution >= 0.6 is 23.6 Å². The van der Waals surface area contributed by atoms with Gasteiger partial charge in [-0.1, -0.05) is 0 Å². The Kier molecular flexibility index (Phi) is 5.05. The van der Waals surface area contributed by atoms with Crippen molar-refractivity contribution in [3.63, 3.8) is 0 Å². The predicted octanol–water partition coefficient (Wildman–Crippen LogP) is 2.02. The Balaban J connectivity index is 1.24. The molecule has 0 radical (unpaired) electrons. The molecule has 10 nitrogen and oxygen atoms in total. The summed E-state index contributed by atoms with van der Waals surface area (Å²) in [6.07, 6.45) is 3.99. The van der Waals surface area contributed by atoms with Crippen LogP contribution in [-0.2, 0) is 20.1 Å². The number of piperazine rings is 1. The molecule has 0 atom stereocenters. The molecule has 1 aliphatic rings. The van der Waals surface area contributed by atoms with E-state index >= 15 is 0 Å². The van der Waals surface area contributed by atoms with Gasteiger partial charge in [0.1, 0.15) is 12.1 Å². The molecule has 0 N–H and O–H groups in total. The highest BCUT2D eigenvalue weighted by atomic mass is 32.1. The molecule has 4 aromatic heterocycles. The third-order valence-electron chi connectivity index (χ3n) is 5.16. The van der Waals surface area contributed by atoms with E-state index in [0.717, 1.165) is 53.7 Å². The second-order valence-corrected chi connectivity index (χ2v) is 8.66. The minimum Gasteiger partial charge on any atom is -0.414 e. The highest BCUT2D eigenvalue weighted by Gasteiger charge is 2.22. The van der Waals surface area contributed by atoms with E-state index in [1.54, 1.807) is 27.0 Å². The third-order valence-corrected chi connectivity index (χ3v) is 6.28. The van der Waals surface area contributed by atoms with E-state index in [1.165, 1.54) is 0 Å². The van der Waals surface area contributed by atoms with Gasteiger partial charge in [-0.3, -0.25) is 9.58 Å². The zero-order valence-corrected chi connectivity index (χ0v) is 18.4. The Morgan fingerprint density at radius 3 is 2.80 bits per heavy atom. The van der Waals surface area contributed by atoms with Gasteiger partial charge < -0.3 is 9.32 Å². The van der Waals surface area contributed by atoms with Crippen LogP contribution in [0.25, 0.3) is 11.0 Å². The molecule has 0 bridgehead atoms. The number of aromatic nitrogens is 7. The molecule has 1 saturated heterocycles. The molecule has 5 heterocycles. The third kappa shape index (κ3) is 3.73. The fraction of sp³-hybridized carbons (Fsp3) is 0.444. The molecule has 30 heavy (non-hydrogen) atoms. The van der Waals surface area contributed by atoms with Crippen molar-refractivity contribution in [2.75, 3.05) is 31.1 Å². The molecule has 156 valence electrons. The van der Waals surface area contributed by atoms with Gasteiger partial charge in [-0.05, 0) is 19.1 Å². The smallest absolute Gasteiger partial charge is 0.288 e. The van der Waals surface area contributed by atoms with Crippen molar-refractivity contribution in [2.45, 2.75) is 20.0 Å². The number of thiazole rings is 1. The second-order valence-electron chi connectivity index (χ2n) is 7.25. The second kappa shape index (κ2) is 7.85. The van der Waals surface area contributed by atoms with E-state index in [9.17, 15) is 0 Å². The van der Waals surface area contributed by atoms with Crippen LogP contribution in [0.4, 0.5) is 5.82 Å². The van der Waals surface area contributed by atoms with Gasteiger partial charge in [-0.25, -0.2) is 19.6 Å². The number of fused-ring (bicyclic) bond motifs is 1. The topological polar surface area (TPSA) is 93.9 Å². The van der Waals surface area contributed by atoms with E-state index < -0.39 is 0 Å². The number of nitrogens with zero attached hydrogens (tertiary/aromatic N) is 9. The van der Waals surface area contributed by atoms with Crippen LogP contribution in [0.1, 0.15) is 16.6 Å². The zero-order valence-electron chi connectivity index (χ0n) is 16.7. The van der Waals surface area contributed by atoms with Crippen LogP contribution < -0.4 is 4.90 Å². The first-order chi connectivity index (χ1) is 14.6. The van der Waals surface area contributed by atoms with Crippen molar-refractivity contribution in [3.8, 4) is 0 Å². The molecule has 0 aliphatic carbocycles. The first-order valence-corrected chi connectivity index (χ1v) is 10.9. The van der Waals surface area contributed by atoms with Gasteiger partial charge in [0.15, 0.2) is 5.65 Å². The summed E-state index contributed by atoms with van der Waals surface area (Å²) in [5.41, 5.74) is 1.81. The lowest BCUT2D eigenvalue weighted by Gasteiger charge is -2.35. The van der Waals surface area contributed by atoms with Crippen molar-refractivity contribution >= 4 is 40.4 Å². The maximum absolute atomic E-state index is 5.68. The molecule has 1 aliphatic heterocycles. The average Bonchev–Trinajstić information content (AvgIpc) is 3.42. The summed E-state index contributed by atoms with van der Waals surface area (Å²) in [6, 6.07) is 0. The van der Waals surface area contributed by atoms with Crippen LogP contribution in [0, 0.1) is 11.8 Å². The summed E-state index contributed by atoms with van der Waals surface area (Å²) in [5, 5.41) is 12.9. The number of hydrogen-bond acceptors (Lipinski definition) is 10. The number of anilines is 1. The van der Waals surface area contributed by atoms with E-state index in [-0.39, 0.29) is 0 Å². The summed E-state index contributed by atoms with van der Waals surface area (Å²) >= 11 is 6.99. The highest BCUT2D eigenvalue weighted by Crippen LogP contribution is 2.23. The lowest BCUT2D eigenvalue weighted by atomic mass is 10.3. The standard InChI is InChI=1S/C18H21N9OS2/c1-12-22-13(9-30-12)7-15-23-27(18(29)28-15)11-25-3-5-26(6-4-25)17-14-8-21-24(2)16(14)19-10-20-17/h8-10H,3-7,11H2,1-2H3. The number of aryl methyl sites for hydroxylation is 2. The Labute approximate surface area is 181 Å². The molecule has 0 saturated carbocycles. The normalized spacial score (nSPS) is 15.3. The van der Waals surface area contributed by atoms with Crippen LogP contribution in [-0.4, -0.2) is 65.6 Å². The molecule has 12 heteroatoms. The van der Waals surface area contributed by atoms with Crippen molar-refractivity contribution in [3.05, 3.63) is 39.3 Å². The lowest BCUT2D eigenvalue weighted by Crippen LogP contribution is -2.47. The lowest BCUT2D eigenvalue weighted by molar-refractivity contribution is 0.192. The first kappa shape index (κ1) is 19.3. The molecule has 0 unspecified atom stereocenters. The van der Waals surface area contributed by atoms with Gasteiger partial charge >= 0.3 is 0 Å². The summed E-state index contributed by atoms with van der Waals surface area (Å²) < 4.78 is 9.20. The Hall–Kier alpha value is -2.70. The van der Waals surface area contributed by atoms with Crippen molar-refractivity contribution in [1.29, 1.82) is 0 Å². The zero-order chi connectivity index (χ0) is 20.7. The van der Waals surface area contributed by atoms with Crippen molar-refractivity contribution in [1.82, 2.24) is 39.4 Å².